The molecule has 1 heterocycles. The number of nitrogens with zero attached hydrogens (tertiary/aromatic N) is 1. The van der Waals surface area contributed by atoms with Crippen LogP contribution in [0.15, 0.2) is 131 Å². The summed E-state index contributed by atoms with van der Waals surface area (Å²) in [5.74, 6) is 0.631. The standard InChI is InChI=1S/C46H50N2O10/c49-36(32-57-37-16-17-40(55-22-18-33-10-4-1-5-11-33)42(28-37)56-23-19-34-12-6-2-7-13-34)31-47-20-24-53-26-27-54-25-21-48-38-29-41(35-14-8-3-9-15-35)58-43-30-39(50)45(51)46(52)44(38)43/h1-17,28-30,36,47,49-52H,18-27,31-32H2. The molecule has 1 aromatic heterocycles. The molecule has 1 unspecified atom stereocenters. The lowest BCUT2D eigenvalue weighted by molar-refractivity contribution is 0.0498. The lowest BCUT2D eigenvalue weighted by Gasteiger charge is -2.17. The van der Waals surface area contributed by atoms with Gasteiger partial charge in [0.2, 0.25) is 5.75 Å². The van der Waals surface area contributed by atoms with E-state index in [-0.39, 0.29) is 30.7 Å². The quantitative estimate of drug-likeness (QED) is 0.0359. The van der Waals surface area contributed by atoms with Gasteiger partial charge in [-0.3, -0.25) is 4.99 Å². The zero-order chi connectivity index (χ0) is 40.4. The molecular weight excluding hydrogens is 741 g/mol. The average molecular weight is 791 g/mol. The van der Waals surface area contributed by atoms with Crippen molar-refractivity contribution in [2.45, 2.75) is 18.9 Å². The smallest absolute Gasteiger partial charge is 0.201 e. The van der Waals surface area contributed by atoms with Crippen LogP contribution in [-0.2, 0) is 22.3 Å². The zero-order valence-electron chi connectivity index (χ0n) is 32.3. The lowest BCUT2D eigenvalue weighted by atomic mass is 10.1. The summed E-state index contributed by atoms with van der Waals surface area (Å²) < 4.78 is 35.4. The lowest BCUT2D eigenvalue weighted by Crippen LogP contribution is -2.33. The van der Waals surface area contributed by atoms with E-state index in [1.165, 1.54) is 17.2 Å². The molecule has 0 spiro atoms. The van der Waals surface area contributed by atoms with Crippen LogP contribution in [0.1, 0.15) is 11.1 Å². The van der Waals surface area contributed by atoms with Crippen molar-refractivity contribution in [3.05, 3.63) is 138 Å². The molecule has 0 saturated carbocycles. The topological polar surface area (TPSA) is 165 Å². The van der Waals surface area contributed by atoms with E-state index in [0.29, 0.717) is 74.5 Å². The third kappa shape index (κ3) is 12.5. The van der Waals surface area contributed by atoms with Crippen LogP contribution in [0, 0.1) is 0 Å². The molecule has 0 aliphatic carbocycles. The van der Waals surface area contributed by atoms with Crippen LogP contribution in [0.2, 0.25) is 0 Å². The summed E-state index contributed by atoms with van der Waals surface area (Å²) in [5.41, 5.74) is 3.34. The van der Waals surface area contributed by atoms with E-state index < -0.39 is 23.4 Å². The summed E-state index contributed by atoms with van der Waals surface area (Å²) in [6, 6.07) is 38.1. The third-order valence-electron chi connectivity index (χ3n) is 9.05. The fraction of sp³-hybridized carbons (Fsp3) is 0.283. The van der Waals surface area contributed by atoms with Gasteiger partial charge in [-0.1, -0.05) is 91.0 Å². The number of hydrogen-bond donors (Lipinski definition) is 5. The maximum atomic E-state index is 10.6. The number of aliphatic hydroxyl groups excluding tert-OH is 1. The second-order valence-electron chi connectivity index (χ2n) is 13.4. The van der Waals surface area contributed by atoms with E-state index in [1.807, 2.05) is 78.9 Å². The van der Waals surface area contributed by atoms with Gasteiger partial charge in [0.1, 0.15) is 29.8 Å². The largest absolute Gasteiger partial charge is 0.504 e. The number of benzene rings is 5. The number of nitrogens with one attached hydrogen (secondary N) is 1. The van der Waals surface area contributed by atoms with Crippen molar-refractivity contribution in [1.82, 2.24) is 5.32 Å². The van der Waals surface area contributed by atoms with Gasteiger partial charge in [-0.25, -0.2) is 0 Å². The first-order valence-corrected chi connectivity index (χ1v) is 19.4. The molecular formula is C46H50N2O10. The van der Waals surface area contributed by atoms with Crippen LogP contribution in [-0.4, -0.2) is 92.4 Å². The highest BCUT2D eigenvalue weighted by atomic mass is 16.5. The maximum absolute atomic E-state index is 10.6. The molecule has 304 valence electrons. The highest BCUT2D eigenvalue weighted by Crippen LogP contribution is 2.40. The van der Waals surface area contributed by atoms with Crippen molar-refractivity contribution in [2.75, 3.05) is 65.9 Å². The molecule has 5 aromatic carbocycles. The second-order valence-corrected chi connectivity index (χ2v) is 13.4. The second kappa shape index (κ2) is 22.0. The van der Waals surface area contributed by atoms with Crippen molar-refractivity contribution in [2.24, 2.45) is 4.99 Å². The number of phenolic OH excluding ortho intramolecular Hbond substituents is 3. The molecule has 12 nitrogen and oxygen atoms in total. The number of hydrogen-bond acceptors (Lipinski definition) is 12. The van der Waals surface area contributed by atoms with Gasteiger partial charge in [0, 0.05) is 49.7 Å². The summed E-state index contributed by atoms with van der Waals surface area (Å²) >= 11 is 0. The van der Waals surface area contributed by atoms with Gasteiger partial charge >= 0.3 is 0 Å². The molecule has 1 atom stereocenters. The highest BCUT2D eigenvalue weighted by molar-refractivity contribution is 5.89. The Morgan fingerprint density at radius 1 is 0.621 bits per heavy atom. The Morgan fingerprint density at radius 3 is 1.95 bits per heavy atom. The molecule has 5 N–H and O–H groups in total. The monoisotopic (exact) mass is 790 g/mol. The van der Waals surface area contributed by atoms with Crippen LogP contribution in [0.25, 0.3) is 22.3 Å². The minimum Gasteiger partial charge on any atom is -0.504 e. The number of aromatic hydroxyl groups is 3. The minimum atomic E-state index is -0.743. The Kier molecular flexibility index (Phi) is 15.8. The molecule has 6 aromatic rings. The molecule has 58 heavy (non-hydrogen) atoms. The van der Waals surface area contributed by atoms with Crippen molar-refractivity contribution in [3.63, 3.8) is 0 Å². The molecule has 0 fully saturated rings. The Morgan fingerprint density at radius 2 is 1.26 bits per heavy atom. The Labute approximate surface area is 337 Å². The van der Waals surface area contributed by atoms with Gasteiger partial charge in [0.15, 0.2) is 23.0 Å². The first kappa shape index (κ1) is 41.6. The number of phenols is 3. The predicted octanol–water partition coefficient (Wildman–Crippen LogP) is 6.42. The summed E-state index contributed by atoms with van der Waals surface area (Å²) in [5, 5.41) is 45.0. The van der Waals surface area contributed by atoms with Gasteiger partial charge in [-0.2, -0.15) is 0 Å². The Bertz CT molecular complexity index is 2220. The number of ether oxygens (including phenoxy) is 5. The first-order valence-electron chi connectivity index (χ1n) is 19.4. The summed E-state index contributed by atoms with van der Waals surface area (Å²) in [6.45, 7) is 3.63. The van der Waals surface area contributed by atoms with E-state index in [0.717, 1.165) is 18.4 Å². The fourth-order valence-electron chi connectivity index (χ4n) is 6.04. The van der Waals surface area contributed by atoms with Crippen molar-refractivity contribution < 1.29 is 48.5 Å². The molecule has 0 saturated heterocycles. The summed E-state index contributed by atoms with van der Waals surface area (Å²) in [4.78, 5) is 4.58. The van der Waals surface area contributed by atoms with Gasteiger partial charge < -0.3 is 53.8 Å². The van der Waals surface area contributed by atoms with E-state index in [2.05, 4.69) is 34.6 Å². The average Bonchev–Trinajstić information content (AvgIpc) is 3.25. The molecule has 0 aliphatic heterocycles. The third-order valence-corrected chi connectivity index (χ3v) is 9.05. The van der Waals surface area contributed by atoms with Crippen molar-refractivity contribution in [3.8, 4) is 45.8 Å². The van der Waals surface area contributed by atoms with Gasteiger partial charge in [0.25, 0.3) is 0 Å². The summed E-state index contributed by atoms with van der Waals surface area (Å²) in [6.07, 6.45) is 0.780. The highest BCUT2D eigenvalue weighted by Gasteiger charge is 2.17. The first-order chi connectivity index (χ1) is 28.4. The minimum absolute atomic E-state index is 0.0920. The van der Waals surface area contributed by atoms with Gasteiger partial charge in [-0.05, 0) is 23.3 Å². The Balaban J connectivity index is 0.885. The normalized spacial score (nSPS) is 12.1. The zero-order valence-corrected chi connectivity index (χ0v) is 32.3. The van der Waals surface area contributed by atoms with Crippen LogP contribution < -0.4 is 24.9 Å². The van der Waals surface area contributed by atoms with Crippen LogP contribution >= 0.6 is 0 Å². The van der Waals surface area contributed by atoms with Crippen LogP contribution in [0.4, 0.5) is 0 Å². The van der Waals surface area contributed by atoms with Crippen LogP contribution in [0.3, 0.4) is 0 Å². The van der Waals surface area contributed by atoms with Gasteiger partial charge in [0.05, 0.1) is 56.9 Å². The molecule has 0 aliphatic rings. The Hall–Kier alpha value is -6.05. The van der Waals surface area contributed by atoms with Crippen LogP contribution in [0.5, 0.6) is 34.5 Å². The van der Waals surface area contributed by atoms with E-state index in [1.54, 1.807) is 12.1 Å². The SMILES string of the molecule is Oc1cc2oc(-c3ccccc3)cc(=NCCOCCOCCNCC(O)COc3ccc(OCCc4ccccc4)c(OCCc4ccccc4)c3)c2c(O)c1O. The number of fused-ring (bicyclic) bond motifs is 1. The predicted molar refractivity (Wildman–Crippen MR) is 221 cm³/mol. The maximum Gasteiger partial charge on any atom is 0.201 e. The molecule has 0 radical (unpaired) electrons. The molecule has 0 bridgehead atoms. The summed E-state index contributed by atoms with van der Waals surface area (Å²) in [7, 11) is 0. The number of rotatable bonds is 23. The van der Waals surface area contributed by atoms with E-state index in [4.69, 9.17) is 28.1 Å². The fourth-order valence-corrected chi connectivity index (χ4v) is 6.04. The van der Waals surface area contributed by atoms with Crippen molar-refractivity contribution >= 4 is 11.0 Å². The molecule has 6 rings (SSSR count). The molecule has 0 amide bonds. The molecule has 12 heteroatoms. The van der Waals surface area contributed by atoms with E-state index in [9.17, 15) is 20.4 Å². The van der Waals surface area contributed by atoms with Gasteiger partial charge in [-0.15, -0.1) is 0 Å². The van der Waals surface area contributed by atoms with E-state index >= 15 is 0 Å². The van der Waals surface area contributed by atoms with Crippen molar-refractivity contribution in [1.29, 1.82) is 0 Å². The number of aliphatic hydroxyl groups is 1.